The molecule has 0 atom stereocenters. The zero-order chi connectivity index (χ0) is 16.2. The van der Waals surface area contributed by atoms with Crippen LogP contribution in [0.15, 0.2) is 59.1 Å². The second-order valence-corrected chi connectivity index (χ2v) is 6.38. The van der Waals surface area contributed by atoms with Crippen molar-refractivity contribution in [2.24, 2.45) is 0 Å². The van der Waals surface area contributed by atoms with Gasteiger partial charge in [-0.05, 0) is 30.3 Å². The van der Waals surface area contributed by atoms with E-state index in [1.54, 1.807) is 9.80 Å². The second-order valence-electron chi connectivity index (χ2n) is 5.46. The molecule has 2 aromatic carbocycles. The maximum atomic E-state index is 12.5. The zero-order valence-electron chi connectivity index (χ0n) is 12.6. The van der Waals surface area contributed by atoms with Crippen LogP contribution >= 0.6 is 15.9 Å². The van der Waals surface area contributed by atoms with Gasteiger partial charge in [0.2, 0.25) is 0 Å². The summed E-state index contributed by atoms with van der Waals surface area (Å²) in [5.41, 5.74) is 1.36. The number of halogens is 1. The van der Waals surface area contributed by atoms with Crippen molar-refractivity contribution in [2.75, 3.05) is 26.2 Å². The SMILES string of the molecule is O=C(c1ccccc1)N1CCN(C(=O)c2cccc(Br)c2)CC1. The minimum absolute atomic E-state index is 0.0121. The van der Waals surface area contributed by atoms with Crippen LogP contribution in [0.1, 0.15) is 20.7 Å². The van der Waals surface area contributed by atoms with Gasteiger partial charge >= 0.3 is 0 Å². The lowest BCUT2D eigenvalue weighted by Crippen LogP contribution is -2.50. The molecule has 0 spiro atoms. The fraction of sp³-hybridized carbons (Fsp3) is 0.222. The summed E-state index contributed by atoms with van der Waals surface area (Å²) in [4.78, 5) is 28.5. The average Bonchev–Trinajstić information content (AvgIpc) is 2.61. The Morgan fingerprint density at radius 1 is 0.739 bits per heavy atom. The first-order chi connectivity index (χ1) is 11.1. The fourth-order valence-corrected chi connectivity index (χ4v) is 3.08. The molecule has 1 fully saturated rings. The van der Waals surface area contributed by atoms with Gasteiger partial charge in [-0.25, -0.2) is 0 Å². The van der Waals surface area contributed by atoms with E-state index in [1.165, 1.54) is 0 Å². The van der Waals surface area contributed by atoms with Crippen molar-refractivity contribution in [1.82, 2.24) is 9.80 Å². The van der Waals surface area contributed by atoms with Gasteiger partial charge in [-0.15, -0.1) is 0 Å². The summed E-state index contributed by atoms with van der Waals surface area (Å²) in [6.07, 6.45) is 0. The molecule has 0 radical (unpaired) electrons. The van der Waals surface area contributed by atoms with Crippen molar-refractivity contribution >= 4 is 27.7 Å². The minimum atomic E-state index is 0.0121. The predicted octanol–water partition coefficient (Wildman–Crippen LogP) is 3.05. The standard InChI is InChI=1S/C18H17BrN2O2/c19-16-8-4-7-15(13-16)18(23)21-11-9-20(10-12-21)17(22)14-5-2-1-3-6-14/h1-8,13H,9-12H2. The van der Waals surface area contributed by atoms with E-state index in [9.17, 15) is 9.59 Å². The molecule has 0 bridgehead atoms. The van der Waals surface area contributed by atoms with Gasteiger partial charge in [-0.3, -0.25) is 9.59 Å². The summed E-state index contributed by atoms with van der Waals surface area (Å²) in [6.45, 7) is 2.24. The van der Waals surface area contributed by atoms with E-state index in [-0.39, 0.29) is 11.8 Å². The highest BCUT2D eigenvalue weighted by Crippen LogP contribution is 2.15. The van der Waals surface area contributed by atoms with E-state index < -0.39 is 0 Å². The smallest absolute Gasteiger partial charge is 0.254 e. The Kier molecular flexibility index (Phi) is 4.76. The normalized spacial score (nSPS) is 14.7. The Hall–Kier alpha value is -2.14. The predicted molar refractivity (Wildman–Crippen MR) is 92.4 cm³/mol. The zero-order valence-corrected chi connectivity index (χ0v) is 14.2. The Morgan fingerprint density at radius 2 is 1.26 bits per heavy atom. The van der Waals surface area contributed by atoms with E-state index in [2.05, 4.69) is 15.9 Å². The monoisotopic (exact) mass is 372 g/mol. The van der Waals surface area contributed by atoms with Crippen LogP contribution < -0.4 is 0 Å². The molecule has 1 saturated heterocycles. The third kappa shape index (κ3) is 3.62. The van der Waals surface area contributed by atoms with E-state index in [0.717, 1.165) is 4.47 Å². The first-order valence-corrected chi connectivity index (χ1v) is 8.33. The quantitative estimate of drug-likeness (QED) is 0.812. The highest BCUT2D eigenvalue weighted by atomic mass is 79.9. The number of benzene rings is 2. The minimum Gasteiger partial charge on any atom is -0.335 e. The Balaban J connectivity index is 1.62. The second kappa shape index (κ2) is 6.96. The first kappa shape index (κ1) is 15.7. The maximum absolute atomic E-state index is 12.5. The Morgan fingerprint density at radius 3 is 1.83 bits per heavy atom. The molecular weight excluding hydrogens is 356 g/mol. The Bertz CT molecular complexity index is 710. The van der Waals surface area contributed by atoms with Gasteiger partial charge in [-0.1, -0.05) is 40.2 Å². The number of nitrogens with zero attached hydrogens (tertiary/aromatic N) is 2. The molecule has 0 saturated carbocycles. The van der Waals surface area contributed by atoms with E-state index >= 15 is 0 Å². The van der Waals surface area contributed by atoms with Crippen LogP contribution in [0.2, 0.25) is 0 Å². The van der Waals surface area contributed by atoms with Crippen LogP contribution in [0.4, 0.5) is 0 Å². The summed E-state index contributed by atoms with van der Waals surface area (Å²) in [5, 5.41) is 0. The third-order valence-electron chi connectivity index (χ3n) is 3.95. The van der Waals surface area contributed by atoms with Crippen molar-refractivity contribution < 1.29 is 9.59 Å². The molecule has 1 aliphatic heterocycles. The molecule has 0 aliphatic carbocycles. The molecule has 2 aromatic rings. The van der Waals surface area contributed by atoms with Gasteiger partial charge in [0.25, 0.3) is 11.8 Å². The number of amides is 2. The average molecular weight is 373 g/mol. The van der Waals surface area contributed by atoms with Crippen molar-refractivity contribution in [1.29, 1.82) is 0 Å². The van der Waals surface area contributed by atoms with Crippen LogP contribution in [-0.2, 0) is 0 Å². The van der Waals surface area contributed by atoms with Gasteiger partial charge in [0.05, 0.1) is 0 Å². The molecule has 0 unspecified atom stereocenters. The van der Waals surface area contributed by atoms with Gasteiger partial charge in [0.1, 0.15) is 0 Å². The van der Waals surface area contributed by atoms with Crippen LogP contribution in [-0.4, -0.2) is 47.8 Å². The molecule has 4 nitrogen and oxygen atoms in total. The number of rotatable bonds is 2. The number of hydrogen-bond acceptors (Lipinski definition) is 2. The van der Waals surface area contributed by atoms with Crippen LogP contribution in [0.25, 0.3) is 0 Å². The van der Waals surface area contributed by atoms with Gasteiger partial charge in [0.15, 0.2) is 0 Å². The van der Waals surface area contributed by atoms with Crippen molar-refractivity contribution in [3.8, 4) is 0 Å². The summed E-state index contributed by atoms with van der Waals surface area (Å²) >= 11 is 3.39. The molecule has 3 rings (SSSR count). The van der Waals surface area contributed by atoms with Gasteiger partial charge < -0.3 is 9.80 Å². The van der Waals surface area contributed by atoms with Crippen LogP contribution in [0, 0.1) is 0 Å². The number of carbonyl (C=O) groups excluding carboxylic acids is 2. The summed E-state index contributed by atoms with van der Waals surface area (Å²) in [6, 6.07) is 16.6. The van der Waals surface area contributed by atoms with Crippen molar-refractivity contribution in [2.45, 2.75) is 0 Å². The molecule has 1 heterocycles. The summed E-state index contributed by atoms with van der Waals surface area (Å²) < 4.78 is 0.890. The van der Waals surface area contributed by atoms with Crippen LogP contribution in [0.5, 0.6) is 0 Å². The van der Waals surface area contributed by atoms with E-state index in [1.807, 2.05) is 54.6 Å². The molecule has 0 aromatic heterocycles. The van der Waals surface area contributed by atoms with Gasteiger partial charge in [-0.2, -0.15) is 0 Å². The summed E-state index contributed by atoms with van der Waals surface area (Å²) in [7, 11) is 0. The lowest BCUT2D eigenvalue weighted by Gasteiger charge is -2.35. The molecule has 23 heavy (non-hydrogen) atoms. The molecule has 118 valence electrons. The largest absolute Gasteiger partial charge is 0.335 e. The highest BCUT2D eigenvalue weighted by Gasteiger charge is 2.25. The third-order valence-corrected chi connectivity index (χ3v) is 4.44. The molecular formula is C18H17BrN2O2. The summed E-state index contributed by atoms with van der Waals surface area (Å²) in [5.74, 6) is 0.0401. The highest BCUT2D eigenvalue weighted by molar-refractivity contribution is 9.10. The molecule has 0 N–H and O–H groups in total. The first-order valence-electron chi connectivity index (χ1n) is 7.54. The lowest BCUT2D eigenvalue weighted by molar-refractivity contribution is 0.0535. The van der Waals surface area contributed by atoms with Crippen molar-refractivity contribution in [3.05, 3.63) is 70.2 Å². The topological polar surface area (TPSA) is 40.6 Å². The van der Waals surface area contributed by atoms with Gasteiger partial charge in [0, 0.05) is 41.8 Å². The molecule has 5 heteroatoms. The number of carbonyl (C=O) groups is 2. The number of piperazine rings is 1. The Labute approximate surface area is 143 Å². The molecule has 1 aliphatic rings. The lowest BCUT2D eigenvalue weighted by atomic mass is 10.1. The van der Waals surface area contributed by atoms with Crippen LogP contribution in [0.3, 0.4) is 0 Å². The van der Waals surface area contributed by atoms with E-state index in [0.29, 0.717) is 37.3 Å². The maximum Gasteiger partial charge on any atom is 0.254 e. The number of hydrogen-bond donors (Lipinski definition) is 0. The van der Waals surface area contributed by atoms with E-state index in [4.69, 9.17) is 0 Å². The van der Waals surface area contributed by atoms with Crippen molar-refractivity contribution in [3.63, 3.8) is 0 Å². The molecule has 2 amide bonds. The fourth-order valence-electron chi connectivity index (χ4n) is 2.68.